The molecular weight excluding hydrogens is 180 g/mol. The Hall–Kier alpha value is -1.61. The Labute approximate surface area is 82.6 Å². The monoisotopic (exact) mass is 192 g/mol. The maximum Gasteiger partial charge on any atom is 0.186 e. The van der Waals surface area contributed by atoms with Crippen LogP contribution in [0.1, 0.15) is 12.5 Å². The summed E-state index contributed by atoms with van der Waals surface area (Å²) >= 11 is 0. The number of hydrogen-bond acceptors (Lipinski definition) is 3. The van der Waals surface area contributed by atoms with Gasteiger partial charge in [-0.2, -0.15) is 0 Å². The molecule has 0 aromatic heterocycles. The van der Waals surface area contributed by atoms with Gasteiger partial charge in [0.15, 0.2) is 6.79 Å². The van der Waals surface area contributed by atoms with Crippen LogP contribution in [0.3, 0.4) is 0 Å². The maximum absolute atomic E-state index is 10.4. The number of carbonyl (C=O) groups excluding carboxylic acids is 1. The molecule has 1 N–H and O–H groups in total. The molecule has 0 spiro atoms. The number of aldehydes is 1. The average Bonchev–Trinajstić information content (AvgIpc) is 2.21. The molecule has 1 aromatic carbocycles. The summed E-state index contributed by atoms with van der Waals surface area (Å²) in [5.41, 5.74) is 1.60. The molecule has 1 rings (SSSR count). The fourth-order valence-electron chi connectivity index (χ4n) is 1.03. The topological polar surface area (TPSA) is 46.5 Å². The van der Waals surface area contributed by atoms with Crippen molar-refractivity contribution >= 4 is 12.4 Å². The van der Waals surface area contributed by atoms with E-state index in [9.17, 15) is 4.79 Å². The standard InChI is InChI=1S/C11H12O3/c1-9(7-12)6-10-2-4-11(5-3-10)14-8-13/h2-7,13H,8H2,1H3/b9-6-. The van der Waals surface area contributed by atoms with Crippen molar-refractivity contribution in [3.63, 3.8) is 0 Å². The summed E-state index contributed by atoms with van der Waals surface area (Å²) < 4.78 is 4.86. The van der Waals surface area contributed by atoms with Gasteiger partial charge in [0.1, 0.15) is 12.0 Å². The zero-order valence-electron chi connectivity index (χ0n) is 7.93. The van der Waals surface area contributed by atoms with Gasteiger partial charge in [-0.25, -0.2) is 0 Å². The number of aliphatic hydroxyl groups excluding tert-OH is 1. The molecule has 1 aromatic rings. The van der Waals surface area contributed by atoms with Crippen LogP contribution in [0.15, 0.2) is 29.8 Å². The second-order valence-electron chi connectivity index (χ2n) is 2.85. The van der Waals surface area contributed by atoms with Gasteiger partial charge in [0.2, 0.25) is 0 Å². The van der Waals surface area contributed by atoms with Crippen molar-refractivity contribution in [3.8, 4) is 5.75 Å². The molecule has 0 heterocycles. The summed E-state index contributed by atoms with van der Waals surface area (Å²) in [7, 11) is 0. The Balaban J connectivity index is 2.78. The lowest BCUT2D eigenvalue weighted by atomic mass is 10.1. The van der Waals surface area contributed by atoms with E-state index in [2.05, 4.69) is 0 Å². The van der Waals surface area contributed by atoms with Crippen LogP contribution < -0.4 is 4.74 Å². The summed E-state index contributed by atoms with van der Waals surface area (Å²) in [6.07, 6.45) is 2.58. The number of allylic oxidation sites excluding steroid dienone is 1. The van der Waals surface area contributed by atoms with Gasteiger partial charge in [-0.1, -0.05) is 12.1 Å². The quantitative estimate of drug-likeness (QED) is 0.448. The molecule has 0 atom stereocenters. The molecule has 0 saturated carbocycles. The fourth-order valence-corrected chi connectivity index (χ4v) is 1.03. The molecular formula is C11H12O3. The predicted molar refractivity (Wildman–Crippen MR) is 53.9 cm³/mol. The molecule has 14 heavy (non-hydrogen) atoms. The van der Waals surface area contributed by atoms with E-state index >= 15 is 0 Å². The van der Waals surface area contributed by atoms with E-state index in [1.807, 2.05) is 12.1 Å². The van der Waals surface area contributed by atoms with Gasteiger partial charge in [0, 0.05) is 0 Å². The number of benzene rings is 1. The summed E-state index contributed by atoms with van der Waals surface area (Å²) in [6.45, 7) is 1.41. The van der Waals surface area contributed by atoms with E-state index in [0.29, 0.717) is 11.3 Å². The smallest absolute Gasteiger partial charge is 0.186 e. The number of carbonyl (C=O) groups is 1. The van der Waals surface area contributed by atoms with Gasteiger partial charge >= 0.3 is 0 Å². The van der Waals surface area contributed by atoms with Crippen LogP contribution in [0.25, 0.3) is 6.08 Å². The minimum Gasteiger partial charge on any atom is -0.468 e. The average molecular weight is 192 g/mol. The summed E-state index contributed by atoms with van der Waals surface area (Å²) in [5.74, 6) is 0.605. The molecule has 0 bridgehead atoms. The first-order valence-corrected chi connectivity index (χ1v) is 4.23. The van der Waals surface area contributed by atoms with Crippen molar-refractivity contribution in [1.29, 1.82) is 0 Å². The first-order valence-electron chi connectivity index (χ1n) is 4.23. The van der Waals surface area contributed by atoms with Gasteiger partial charge in [-0.15, -0.1) is 0 Å². The highest BCUT2D eigenvalue weighted by Crippen LogP contribution is 2.13. The van der Waals surface area contributed by atoms with E-state index in [0.717, 1.165) is 11.8 Å². The van der Waals surface area contributed by atoms with Crippen LogP contribution in [0.2, 0.25) is 0 Å². The second-order valence-corrected chi connectivity index (χ2v) is 2.85. The van der Waals surface area contributed by atoms with E-state index in [1.165, 1.54) is 0 Å². The Morgan fingerprint density at radius 1 is 1.43 bits per heavy atom. The van der Waals surface area contributed by atoms with Crippen LogP contribution in [-0.2, 0) is 4.79 Å². The van der Waals surface area contributed by atoms with Gasteiger partial charge in [0.05, 0.1) is 0 Å². The number of aliphatic hydroxyl groups is 1. The predicted octanol–water partition coefficient (Wildman–Crippen LogP) is 1.62. The highest BCUT2D eigenvalue weighted by molar-refractivity contribution is 5.80. The van der Waals surface area contributed by atoms with Gasteiger partial charge < -0.3 is 9.84 Å². The van der Waals surface area contributed by atoms with Crippen molar-refractivity contribution in [2.45, 2.75) is 6.92 Å². The fraction of sp³-hybridized carbons (Fsp3) is 0.182. The molecule has 0 saturated heterocycles. The first kappa shape index (κ1) is 10.5. The van der Waals surface area contributed by atoms with E-state index in [4.69, 9.17) is 9.84 Å². The molecule has 0 radical (unpaired) electrons. The van der Waals surface area contributed by atoms with E-state index in [1.54, 1.807) is 25.1 Å². The molecule has 3 nitrogen and oxygen atoms in total. The van der Waals surface area contributed by atoms with E-state index < -0.39 is 0 Å². The minimum atomic E-state index is -0.331. The Kier molecular flexibility index (Phi) is 3.88. The molecule has 3 heteroatoms. The minimum absolute atomic E-state index is 0.331. The van der Waals surface area contributed by atoms with Crippen molar-refractivity contribution in [3.05, 3.63) is 35.4 Å². The molecule has 0 aliphatic heterocycles. The highest BCUT2D eigenvalue weighted by Gasteiger charge is 1.92. The Bertz CT molecular complexity index is 325. The van der Waals surface area contributed by atoms with E-state index in [-0.39, 0.29) is 6.79 Å². The molecule has 0 aliphatic carbocycles. The molecule has 0 fully saturated rings. The zero-order valence-corrected chi connectivity index (χ0v) is 7.93. The van der Waals surface area contributed by atoms with Crippen molar-refractivity contribution in [2.24, 2.45) is 0 Å². The summed E-state index contributed by atoms with van der Waals surface area (Å²) in [5, 5.41) is 8.49. The van der Waals surface area contributed by atoms with Crippen molar-refractivity contribution in [2.75, 3.05) is 6.79 Å². The maximum atomic E-state index is 10.4. The van der Waals surface area contributed by atoms with Crippen LogP contribution in [0.4, 0.5) is 0 Å². The zero-order chi connectivity index (χ0) is 10.4. The van der Waals surface area contributed by atoms with Gasteiger partial charge in [-0.3, -0.25) is 4.79 Å². The Morgan fingerprint density at radius 3 is 2.57 bits per heavy atom. The van der Waals surface area contributed by atoms with Crippen LogP contribution >= 0.6 is 0 Å². The second kappa shape index (κ2) is 5.19. The lowest BCUT2D eigenvalue weighted by molar-refractivity contribution is -0.104. The third-order valence-corrected chi connectivity index (χ3v) is 1.69. The van der Waals surface area contributed by atoms with Crippen LogP contribution in [0, 0.1) is 0 Å². The SMILES string of the molecule is C/C(C=O)=C/c1ccc(OCO)cc1. The van der Waals surface area contributed by atoms with Crippen molar-refractivity contribution < 1.29 is 14.6 Å². The van der Waals surface area contributed by atoms with Gasteiger partial charge in [-0.05, 0) is 36.3 Å². The normalized spacial score (nSPS) is 11.1. The molecule has 0 unspecified atom stereocenters. The Morgan fingerprint density at radius 2 is 2.07 bits per heavy atom. The number of hydrogen-bond donors (Lipinski definition) is 1. The van der Waals surface area contributed by atoms with Crippen molar-refractivity contribution in [1.82, 2.24) is 0 Å². The summed E-state index contributed by atoms with van der Waals surface area (Å²) in [6, 6.07) is 7.11. The molecule has 74 valence electrons. The molecule has 0 amide bonds. The first-order chi connectivity index (χ1) is 6.76. The number of rotatable bonds is 4. The number of ether oxygens (including phenoxy) is 1. The molecule has 0 aliphatic rings. The lowest BCUT2D eigenvalue weighted by Gasteiger charge is -2.01. The highest BCUT2D eigenvalue weighted by atomic mass is 16.6. The third-order valence-electron chi connectivity index (χ3n) is 1.69. The summed E-state index contributed by atoms with van der Waals surface area (Å²) in [4.78, 5) is 10.4. The van der Waals surface area contributed by atoms with Gasteiger partial charge in [0.25, 0.3) is 0 Å². The third kappa shape index (κ3) is 3.03. The lowest BCUT2D eigenvalue weighted by Crippen LogP contribution is -1.93. The van der Waals surface area contributed by atoms with Crippen LogP contribution in [-0.4, -0.2) is 18.2 Å². The van der Waals surface area contributed by atoms with Crippen LogP contribution in [0.5, 0.6) is 5.75 Å². The largest absolute Gasteiger partial charge is 0.468 e.